The molecule has 0 radical (unpaired) electrons. The second-order valence-corrected chi connectivity index (χ2v) is 17.9. The minimum atomic E-state index is -1.01. The number of fused-ring (bicyclic) bond motifs is 3. The van der Waals surface area contributed by atoms with E-state index < -0.39 is 16.8 Å². The zero-order valence-corrected chi connectivity index (χ0v) is 35.5. The Kier molecular flexibility index (Phi) is 10.1. The van der Waals surface area contributed by atoms with Crippen molar-refractivity contribution in [2.24, 2.45) is 0 Å². The van der Waals surface area contributed by atoms with Crippen molar-refractivity contribution in [2.75, 3.05) is 24.5 Å². The third-order valence-electron chi connectivity index (χ3n) is 12.5. The lowest BCUT2D eigenvalue weighted by atomic mass is 9.75. The van der Waals surface area contributed by atoms with Crippen LogP contribution >= 0.6 is 11.8 Å². The third kappa shape index (κ3) is 6.26. The Morgan fingerprint density at radius 1 is 0.780 bits per heavy atom. The van der Waals surface area contributed by atoms with Crippen LogP contribution in [0.1, 0.15) is 101 Å². The van der Waals surface area contributed by atoms with E-state index in [1.807, 2.05) is 55.7 Å². The van der Waals surface area contributed by atoms with Crippen molar-refractivity contribution in [1.29, 1.82) is 0 Å². The van der Waals surface area contributed by atoms with Crippen molar-refractivity contribution < 1.29 is 38.9 Å². The number of thioether (sulfide) groups is 1. The van der Waals surface area contributed by atoms with Gasteiger partial charge < -0.3 is 20.2 Å². The highest BCUT2D eigenvalue weighted by Gasteiger charge is 2.48. The molecular formula is C49H49N3O6S. The van der Waals surface area contributed by atoms with Crippen LogP contribution in [0.4, 0.5) is 17.1 Å². The molecule has 0 unspecified atom stereocenters. The van der Waals surface area contributed by atoms with E-state index in [1.54, 1.807) is 48.2 Å². The summed E-state index contributed by atoms with van der Waals surface area (Å²) in [6, 6.07) is 18.9. The number of anilines is 1. The predicted molar refractivity (Wildman–Crippen MR) is 229 cm³/mol. The minimum Gasteiger partial charge on any atom is -0.871 e. The molecule has 0 aromatic heterocycles. The fourth-order valence-corrected chi connectivity index (χ4v) is 10.2. The van der Waals surface area contributed by atoms with Gasteiger partial charge in [-0.05, 0) is 89.1 Å². The summed E-state index contributed by atoms with van der Waals surface area (Å²) in [5.41, 5.74) is 6.23. The summed E-state index contributed by atoms with van der Waals surface area (Å²) >= 11 is 1.58. The van der Waals surface area contributed by atoms with Gasteiger partial charge in [-0.1, -0.05) is 62.1 Å². The Morgan fingerprint density at radius 2 is 1.41 bits per heavy atom. The molecule has 0 saturated carbocycles. The number of para-hydroxylation sites is 1. The van der Waals surface area contributed by atoms with Crippen molar-refractivity contribution >= 4 is 63.4 Å². The summed E-state index contributed by atoms with van der Waals surface area (Å²) in [4.78, 5) is 42.8. The van der Waals surface area contributed by atoms with Crippen LogP contribution in [-0.2, 0) is 20.4 Å². The van der Waals surface area contributed by atoms with E-state index in [2.05, 4.69) is 49.3 Å². The summed E-state index contributed by atoms with van der Waals surface area (Å²) in [5, 5.41) is 38.3. The van der Waals surface area contributed by atoms with Gasteiger partial charge >= 0.3 is 5.97 Å². The quantitative estimate of drug-likeness (QED) is 0.146. The van der Waals surface area contributed by atoms with Crippen molar-refractivity contribution in [3.63, 3.8) is 0 Å². The Morgan fingerprint density at radius 3 is 2.05 bits per heavy atom. The summed E-state index contributed by atoms with van der Waals surface area (Å²) in [5.74, 6) is -2.20. The van der Waals surface area contributed by atoms with Gasteiger partial charge in [0.1, 0.15) is 13.1 Å². The summed E-state index contributed by atoms with van der Waals surface area (Å²) in [7, 11) is 0. The maximum Gasteiger partial charge on any atom is 0.335 e. The first-order valence-corrected chi connectivity index (χ1v) is 21.4. The van der Waals surface area contributed by atoms with E-state index in [0.717, 1.165) is 81.8 Å². The van der Waals surface area contributed by atoms with Crippen LogP contribution in [-0.4, -0.2) is 62.9 Å². The van der Waals surface area contributed by atoms with Gasteiger partial charge in [0.2, 0.25) is 11.4 Å². The molecule has 3 aromatic rings. The number of carbonyl (C=O) groups excluding carboxylic acids is 2. The van der Waals surface area contributed by atoms with Crippen LogP contribution in [0.3, 0.4) is 0 Å². The first-order chi connectivity index (χ1) is 28.1. The normalized spacial score (nSPS) is 20.9. The number of aromatic carboxylic acids is 1. The smallest absolute Gasteiger partial charge is 0.335 e. The highest BCUT2D eigenvalue weighted by Crippen LogP contribution is 2.49. The van der Waals surface area contributed by atoms with E-state index in [4.69, 9.17) is 0 Å². The number of unbranched alkanes of at least 4 members (excludes halogenated alkanes) is 2. The van der Waals surface area contributed by atoms with Crippen LogP contribution < -0.4 is 15.1 Å². The monoisotopic (exact) mass is 807 g/mol. The largest absolute Gasteiger partial charge is 0.871 e. The van der Waals surface area contributed by atoms with E-state index in [9.17, 15) is 29.7 Å². The molecule has 10 heteroatoms. The lowest BCUT2D eigenvalue weighted by molar-refractivity contribution is -0.438. The molecule has 0 saturated heterocycles. The minimum absolute atomic E-state index is 0.103. The number of carboxylic acid groups (broad SMARTS) is 1. The predicted octanol–water partition coefficient (Wildman–Crippen LogP) is 7.62. The first kappa shape index (κ1) is 40.1. The summed E-state index contributed by atoms with van der Waals surface area (Å²) in [6.07, 6.45) is 9.04. The summed E-state index contributed by atoms with van der Waals surface area (Å²) < 4.78 is 4.21. The number of benzene rings is 3. The number of ketones is 2. The van der Waals surface area contributed by atoms with E-state index in [0.29, 0.717) is 18.7 Å². The average Bonchev–Trinajstić information content (AvgIpc) is 3.76. The van der Waals surface area contributed by atoms with Crippen molar-refractivity contribution in [1.82, 2.24) is 0 Å². The van der Waals surface area contributed by atoms with Gasteiger partial charge in [-0.25, -0.2) is 4.79 Å². The zero-order valence-electron chi connectivity index (χ0n) is 34.7. The molecule has 302 valence electrons. The molecular weight excluding hydrogens is 759 g/mol. The first-order valence-electron chi connectivity index (χ1n) is 20.6. The van der Waals surface area contributed by atoms with E-state index in [1.165, 1.54) is 0 Å². The van der Waals surface area contributed by atoms with Gasteiger partial charge in [0.15, 0.2) is 23.0 Å². The van der Waals surface area contributed by atoms with E-state index in [-0.39, 0.29) is 50.9 Å². The molecule has 8 rings (SSSR count). The maximum absolute atomic E-state index is 13.9. The molecule has 3 aliphatic heterocycles. The molecule has 1 N–H and O–H groups in total. The molecule has 3 heterocycles. The number of carbonyl (C=O) groups is 3. The SMILES string of the molecule is CCCCN1/C(=C/C2=C([O-])C(=C\C3=[N+](CCCC)c4ccc(C5=C([O-])/C(=C/C6=[N+](CC)c7ccc(C(=O)O)cc7C6(C)C)C5=O)cc4C3(C)C)/C2=O)Sc2ccccc21. The Labute approximate surface area is 349 Å². The molecule has 2 aliphatic carbocycles. The third-order valence-corrected chi connectivity index (χ3v) is 13.6. The van der Waals surface area contributed by atoms with Gasteiger partial charge in [0, 0.05) is 75.6 Å². The van der Waals surface area contributed by atoms with Crippen LogP contribution in [0.5, 0.6) is 0 Å². The van der Waals surface area contributed by atoms with Gasteiger partial charge in [0.25, 0.3) is 0 Å². The van der Waals surface area contributed by atoms with Crippen molar-refractivity contribution in [3.05, 3.63) is 134 Å². The standard InChI is InChI=1S/C49H49N3O6S/c1-8-11-21-51-36-19-17-28(42-45(55)31(46(42)56)26-39-48(4,5)34-24-29(47(57)58)18-20-35(34)50(39)10-3)23-33(36)49(6,7)40(51)25-30-43(53)32(44(30)54)27-41-52(22-12-9-2)37-15-13-14-16-38(37)59-41/h13-20,23-27H,8-12,21-22H2,1-7H3,(H-2,53,54,55,56,57,58). The number of allylic oxidation sites excluding steroid dienone is 7. The van der Waals surface area contributed by atoms with Crippen molar-refractivity contribution in [2.45, 2.75) is 89.9 Å². The van der Waals surface area contributed by atoms with Crippen LogP contribution in [0.25, 0.3) is 5.57 Å². The van der Waals surface area contributed by atoms with Gasteiger partial charge in [-0.3, -0.25) is 9.59 Å². The molecule has 3 aromatic carbocycles. The second-order valence-electron chi connectivity index (χ2n) is 16.8. The Bertz CT molecular complexity index is 2630. The van der Waals surface area contributed by atoms with E-state index >= 15 is 0 Å². The van der Waals surface area contributed by atoms with Gasteiger partial charge in [0.05, 0.1) is 27.1 Å². The van der Waals surface area contributed by atoms with Crippen LogP contribution in [0.2, 0.25) is 0 Å². The molecule has 9 nitrogen and oxygen atoms in total. The molecule has 59 heavy (non-hydrogen) atoms. The fraction of sp³-hybridized carbons (Fsp3) is 0.327. The Balaban J connectivity index is 1.12. The number of hydrogen-bond donors (Lipinski definition) is 1. The molecule has 5 aliphatic rings. The highest BCUT2D eigenvalue weighted by atomic mass is 32.2. The zero-order chi connectivity index (χ0) is 42.1. The molecule has 0 amide bonds. The number of rotatable bonds is 12. The maximum atomic E-state index is 13.9. The van der Waals surface area contributed by atoms with Crippen molar-refractivity contribution in [3.8, 4) is 0 Å². The lowest BCUT2D eigenvalue weighted by Gasteiger charge is -2.31. The molecule has 0 fully saturated rings. The number of nitrogens with zero attached hydrogens (tertiary/aromatic N) is 3. The number of hydrogen-bond acceptors (Lipinski definition) is 7. The summed E-state index contributed by atoms with van der Waals surface area (Å²) in [6.45, 7) is 16.4. The number of Topliss-reactive ketones (excluding diaryl/α,β-unsaturated/α-hetero) is 2. The fourth-order valence-electron chi connectivity index (χ4n) is 9.06. The topological polar surface area (TPSA) is 127 Å². The Hall–Kier alpha value is -5.74. The van der Waals surface area contributed by atoms with Gasteiger partial charge in [-0.15, -0.1) is 0 Å². The number of carboxylic acids is 1. The molecule has 0 spiro atoms. The van der Waals surface area contributed by atoms with Gasteiger partial charge in [-0.2, -0.15) is 9.15 Å². The highest BCUT2D eigenvalue weighted by molar-refractivity contribution is 8.03. The van der Waals surface area contributed by atoms with Crippen LogP contribution in [0, 0.1) is 0 Å². The average molecular weight is 808 g/mol. The molecule has 0 bridgehead atoms. The lowest BCUT2D eigenvalue weighted by Crippen LogP contribution is -2.34. The molecule has 0 atom stereocenters. The van der Waals surface area contributed by atoms with Crippen LogP contribution in [0.15, 0.2) is 117 Å². The second kappa shape index (κ2) is 14.8.